The van der Waals surface area contributed by atoms with Crippen molar-refractivity contribution in [1.29, 1.82) is 0 Å². The zero-order valence-corrected chi connectivity index (χ0v) is 13.1. The van der Waals surface area contributed by atoms with Gasteiger partial charge in [-0.3, -0.25) is 9.38 Å². The van der Waals surface area contributed by atoms with E-state index in [1.807, 2.05) is 34.9 Å². The first-order chi connectivity index (χ1) is 12.3. The van der Waals surface area contributed by atoms with Crippen molar-refractivity contribution in [2.45, 2.75) is 0 Å². The van der Waals surface area contributed by atoms with Crippen LogP contribution in [0.4, 0.5) is 4.39 Å². The molecular weight excluding hydrogens is 317 g/mol. The lowest BCUT2D eigenvalue weighted by Gasteiger charge is -2.06. The molecule has 0 aliphatic carbocycles. The second kappa shape index (κ2) is 5.27. The summed E-state index contributed by atoms with van der Waals surface area (Å²) in [5.74, 6) is 0.227. The van der Waals surface area contributed by atoms with Gasteiger partial charge in [-0.15, -0.1) is 0 Å². The number of fused-ring (bicyclic) bond motifs is 2. The predicted molar refractivity (Wildman–Crippen MR) is 93.6 cm³/mol. The van der Waals surface area contributed by atoms with Crippen LogP contribution in [0, 0.1) is 5.82 Å². The zero-order valence-electron chi connectivity index (χ0n) is 13.1. The van der Waals surface area contributed by atoms with E-state index in [1.165, 1.54) is 12.1 Å². The Labute approximate surface area is 142 Å². The molecule has 25 heavy (non-hydrogen) atoms. The van der Waals surface area contributed by atoms with Gasteiger partial charge in [0.05, 0.1) is 11.2 Å². The number of imidazole rings is 1. The van der Waals surface area contributed by atoms with E-state index in [0.717, 1.165) is 33.4 Å². The average Bonchev–Trinajstić information content (AvgIpc) is 3.23. The van der Waals surface area contributed by atoms with Gasteiger partial charge in [-0.05, 0) is 42.5 Å². The van der Waals surface area contributed by atoms with Crippen LogP contribution >= 0.6 is 0 Å². The summed E-state index contributed by atoms with van der Waals surface area (Å²) in [6, 6.07) is 16.3. The number of oxazole rings is 1. The molecule has 0 unspecified atom stereocenters. The number of benzene rings is 2. The Hall–Kier alpha value is -3.47. The molecule has 120 valence electrons. The molecule has 0 radical (unpaired) electrons. The molecule has 3 aromatic heterocycles. The van der Waals surface area contributed by atoms with Gasteiger partial charge in [0, 0.05) is 28.9 Å². The van der Waals surface area contributed by atoms with Gasteiger partial charge in [-0.1, -0.05) is 12.1 Å². The van der Waals surface area contributed by atoms with Gasteiger partial charge in [-0.25, -0.2) is 4.39 Å². The minimum Gasteiger partial charge on any atom is -0.432 e. The molecule has 0 amide bonds. The Morgan fingerprint density at radius 1 is 0.960 bits per heavy atom. The molecule has 0 spiro atoms. The summed E-state index contributed by atoms with van der Waals surface area (Å²) in [4.78, 5) is 8.95. The van der Waals surface area contributed by atoms with Gasteiger partial charge < -0.3 is 4.42 Å². The Morgan fingerprint density at radius 3 is 2.68 bits per heavy atom. The van der Waals surface area contributed by atoms with Crippen LogP contribution in [0.3, 0.4) is 0 Å². The Morgan fingerprint density at radius 2 is 1.80 bits per heavy atom. The number of hydrogen-bond donors (Lipinski definition) is 0. The first-order valence-corrected chi connectivity index (χ1v) is 7.86. The summed E-state index contributed by atoms with van der Waals surface area (Å²) in [5, 5.41) is 1.04. The molecule has 0 atom stereocenters. The SMILES string of the molecule is Fc1ccc(-c2nc3occn3c2-c2ccc3ncccc3c2)cc1. The van der Waals surface area contributed by atoms with E-state index < -0.39 is 0 Å². The van der Waals surface area contributed by atoms with E-state index in [-0.39, 0.29) is 5.82 Å². The van der Waals surface area contributed by atoms with Crippen LogP contribution in [-0.2, 0) is 0 Å². The minimum atomic E-state index is -0.273. The summed E-state index contributed by atoms with van der Waals surface area (Å²) >= 11 is 0. The largest absolute Gasteiger partial charge is 0.432 e. The molecule has 5 aromatic rings. The third-order valence-electron chi connectivity index (χ3n) is 4.26. The van der Waals surface area contributed by atoms with Crippen LogP contribution < -0.4 is 0 Å². The van der Waals surface area contributed by atoms with Crippen LogP contribution in [0.25, 0.3) is 39.3 Å². The Balaban J connectivity index is 1.79. The Bertz CT molecular complexity index is 1200. The predicted octanol–water partition coefficient (Wildman–Crippen LogP) is 4.95. The maximum Gasteiger partial charge on any atom is 0.306 e. The maximum atomic E-state index is 13.3. The van der Waals surface area contributed by atoms with E-state index in [1.54, 1.807) is 24.6 Å². The standard InChI is InChI=1S/C20H12FN3O/c21-16-6-3-13(4-7-16)18-19(24-10-11-25-20(24)23-18)15-5-8-17-14(12-15)2-1-9-22-17/h1-12H. The third kappa shape index (κ3) is 2.21. The van der Waals surface area contributed by atoms with Crippen LogP contribution in [0.2, 0.25) is 0 Å². The molecule has 0 aliphatic rings. The molecular formula is C20H12FN3O. The molecule has 5 heteroatoms. The van der Waals surface area contributed by atoms with Gasteiger partial charge in [-0.2, -0.15) is 4.98 Å². The smallest absolute Gasteiger partial charge is 0.306 e. The summed E-state index contributed by atoms with van der Waals surface area (Å²) in [6.45, 7) is 0. The molecule has 5 rings (SSSR count). The topological polar surface area (TPSA) is 43.3 Å². The van der Waals surface area contributed by atoms with Crippen molar-refractivity contribution >= 4 is 16.7 Å². The zero-order chi connectivity index (χ0) is 16.8. The van der Waals surface area contributed by atoms with Crippen LogP contribution in [0.5, 0.6) is 0 Å². The lowest BCUT2D eigenvalue weighted by molar-refractivity contribution is 0.596. The number of pyridine rings is 1. The summed E-state index contributed by atoms with van der Waals surface area (Å²) in [7, 11) is 0. The third-order valence-corrected chi connectivity index (χ3v) is 4.26. The molecule has 0 bridgehead atoms. The minimum absolute atomic E-state index is 0.273. The normalized spacial score (nSPS) is 11.4. The van der Waals surface area contributed by atoms with Crippen molar-refractivity contribution < 1.29 is 8.81 Å². The van der Waals surface area contributed by atoms with Crippen molar-refractivity contribution in [2.75, 3.05) is 0 Å². The quantitative estimate of drug-likeness (QED) is 0.460. The fourth-order valence-electron chi connectivity index (χ4n) is 3.09. The van der Waals surface area contributed by atoms with Gasteiger partial charge >= 0.3 is 5.84 Å². The van der Waals surface area contributed by atoms with Gasteiger partial charge in [0.25, 0.3) is 0 Å². The number of hydrogen-bond acceptors (Lipinski definition) is 3. The van der Waals surface area contributed by atoms with Gasteiger partial charge in [0.15, 0.2) is 0 Å². The number of aromatic nitrogens is 3. The van der Waals surface area contributed by atoms with Crippen LogP contribution in [0.15, 0.2) is 77.7 Å². The Kier molecular flexibility index (Phi) is 2.94. The molecule has 3 heterocycles. The molecule has 0 fully saturated rings. The van der Waals surface area contributed by atoms with Crippen molar-refractivity contribution in [3.63, 3.8) is 0 Å². The highest BCUT2D eigenvalue weighted by Crippen LogP contribution is 2.34. The molecule has 0 aliphatic heterocycles. The van der Waals surface area contributed by atoms with Gasteiger partial charge in [0.1, 0.15) is 17.8 Å². The highest BCUT2D eigenvalue weighted by Gasteiger charge is 2.18. The first-order valence-electron chi connectivity index (χ1n) is 7.86. The van der Waals surface area contributed by atoms with Crippen LogP contribution in [-0.4, -0.2) is 14.4 Å². The number of rotatable bonds is 2. The summed E-state index contributed by atoms with van der Waals surface area (Å²) in [6.07, 6.45) is 5.21. The second-order valence-corrected chi connectivity index (χ2v) is 5.78. The fraction of sp³-hybridized carbons (Fsp3) is 0. The van der Waals surface area contributed by atoms with Crippen molar-refractivity contribution in [3.8, 4) is 22.5 Å². The monoisotopic (exact) mass is 329 g/mol. The first kappa shape index (κ1) is 13.9. The maximum absolute atomic E-state index is 13.3. The van der Waals surface area contributed by atoms with Crippen molar-refractivity contribution in [1.82, 2.24) is 14.4 Å². The lowest BCUT2D eigenvalue weighted by atomic mass is 10.0. The molecule has 0 N–H and O–H groups in total. The molecule has 0 saturated carbocycles. The highest BCUT2D eigenvalue weighted by atomic mass is 19.1. The number of nitrogens with zero attached hydrogens (tertiary/aromatic N) is 3. The molecule has 0 saturated heterocycles. The van der Waals surface area contributed by atoms with E-state index in [4.69, 9.17) is 4.42 Å². The van der Waals surface area contributed by atoms with E-state index in [9.17, 15) is 4.39 Å². The molecule has 2 aromatic carbocycles. The highest BCUT2D eigenvalue weighted by molar-refractivity contribution is 5.88. The average molecular weight is 329 g/mol. The second-order valence-electron chi connectivity index (χ2n) is 5.78. The number of halogens is 1. The van der Waals surface area contributed by atoms with Gasteiger partial charge in [0.2, 0.25) is 0 Å². The van der Waals surface area contributed by atoms with E-state index >= 15 is 0 Å². The fourth-order valence-corrected chi connectivity index (χ4v) is 3.09. The van der Waals surface area contributed by atoms with Crippen LogP contribution in [0.1, 0.15) is 0 Å². The molecule has 4 nitrogen and oxygen atoms in total. The summed E-state index contributed by atoms with van der Waals surface area (Å²) < 4.78 is 20.7. The summed E-state index contributed by atoms with van der Waals surface area (Å²) in [5.41, 5.74) is 4.42. The van der Waals surface area contributed by atoms with Crippen molar-refractivity contribution in [3.05, 3.63) is 79.1 Å². The van der Waals surface area contributed by atoms with Crippen molar-refractivity contribution in [2.24, 2.45) is 0 Å². The lowest BCUT2D eigenvalue weighted by Crippen LogP contribution is -1.89. The van der Waals surface area contributed by atoms with E-state index in [0.29, 0.717) is 5.84 Å². The van der Waals surface area contributed by atoms with E-state index in [2.05, 4.69) is 16.0 Å².